The van der Waals surface area contributed by atoms with Crippen LogP contribution in [0.15, 0.2) is 47.4 Å². The van der Waals surface area contributed by atoms with Gasteiger partial charge < -0.3 is 10.1 Å². The second kappa shape index (κ2) is 7.68. The quantitative estimate of drug-likeness (QED) is 0.848. The van der Waals surface area contributed by atoms with Crippen molar-refractivity contribution >= 4 is 33.0 Å². The molecule has 0 saturated carbocycles. The van der Waals surface area contributed by atoms with Gasteiger partial charge in [0.2, 0.25) is 5.91 Å². The third-order valence-corrected chi connectivity index (χ3v) is 5.61. The summed E-state index contributed by atoms with van der Waals surface area (Å²) in [5.41, 5.74) is 1.44. The highest BCUT2D eigenvalue weighted by Gasteiger charge is 2.16. The fraction of sp³-hybridized carbons (Fsp3) is 0.235. The lowest BCUT2D eigenvalue weighted by molar-refractivity contribution is -0.115. The summed E-state index contributed by atoms with van der Waals surface area (Å²) in [7, 11) is -2.02. The molecule has 128 valence electrons. The Balaban J connectivity index is 1.97. The third kappa shape index (κ3) is 4.72. The summed E-state index contributed by atoms with van der Waals surface area (Å²) in [5, 5.41) is 3.18. The predicted molar refractivity (Wildman–Crippen MR) is 94.5 cm³/mol. The first-order chi connectivity index (χ1) is 11.3. The molecular weight excluding hydrogens is 350 g/mol. The Bertz CT molecular complexity index is 832. The Morgan fingerprint density at radius 3 is 2.42 bits per heavy atom. The van der Waals surface area contributed by atoms with Crippen molar-refractivity contribution in [1.82, 2.24) is 0 Å². The van der Waals surface area contributed by atoms with Gasteiger partial charge in [0.1, 0.15) is 5.75 Å². The first-order valence-electron chi connectivity index (χ1n) is 7.24. The van der Waals surface area contributed by atoms with E-state index in [0.29, 0.717) is 16.5 Å². The van der Waals surface area contributed by atoms with Gasteiger partial charge in [0.25, 0.3) is 0 Å². The van der Waals surface area contributed by atoms with Crippen molar-refractivity contribution in [3.63, 3.8) is 0 Å². The predicted octanol–water partition coefficient (Wildman–Crippen LogP) is 3.46. The number of hydrogen-bond acceptors (Lipinski definition) is 4. The van der Waals surface area contributed by atoms with Crippen LogP contribution in [0.3, 0.4) is 0 Å². The maximum atomic E-state index is 12.2. The number of halogens is 1. The zero-order chi connectivity index (χ0) is 17.7. The highest BCUT2D eigenvalue weighted by atomic mass is 35.5. The van der Waals surface area contributed by atoms with Gasteiger partial charge in [0, 0.05) is 17.1 Å². The lowest BCUT2D eigenvalue weighted by Crippen LogP contribution is -2.17. The number of aryl methyl sites for hydroxylation is 1. The minimum Gasteiger partial charge on any atom is -0.497 e. The number of nitrogens with one attached hydrogen (secondary N) is 1. The zero-order valence-electron chi connectivity index (χ0n) is 13.4. The number of amides is 1. The third-order valence-electron chi connectivity index (χ3n) is 3.47. The largest absolute Gasteiger partial charge is 0.497 e. The number of hydrogen-bond donors (Lipinski definition) is 1. The Labute approximate surface area is 146 Å². The maximum absolute atomic E-state index is 12.2. The summed E-state index contributed by atoms with van der Waals surface area (Å²) < 4.78 is 29.5. The molecule has 0 atom stereocenters. The molecule has 0 bridgehead atoms. The summed E-state index contributed by atoms with van der Waals surface area (Å²) in [5.74, 6) is -0.0833. The number of ether oxygens (including phenoxy) is 1. The normalized spacial score (nSPS) is 11.1. The van der Waals surface area contributed by atoms with Gasteiger partial charge in [0.05, 0.1) is 17.8 Å². The Kier molecular flexibility index (Phi) is 5.85. The summed E-state index contributed by atoms with van der Waals surface area (Å²) in [6, 6.07) is 11.2. The number of anilines is 1. The molecule has 1 amide bonds. The van der Waals surface area contributed by atoms with Crippen LogP contribution in [0.5, 0.6) is 5.75 Å². The number of methoxy groups -OCH3 is 1. The van der Waals surface area contributed by atoms with Gasteiger partial charge >= 0.3 is 0 Å². The van der Waals surface area contributed by atoms with Crippen LogP contribution < -0.4 is 10.1 Å². The molecular formula is C17H18ClNO4S. The molecule has 0 aliphatic carbocycles. The van der Waals surface area contributed by atoms with Gasteiger partial charge in [0.15, 0.2) is 9.84 Å². The van der Waals surface area contributed by atoms with E-state index in [4.69, 9.17) is 16.3 Å². The number of rotatable bonds is 6. The average Bonchev–Trinajstić information content (AvgIpc) is 2.56. The molecule has 2 aromatic carbocycles. The molecule has 0 saturated heterocycles. The first kappa shape index (κ1) is 18.3. The Morgan fingerprint density at radius 1 is 1.17 bits per heavy atom. The molecule has 0 radical (unpaired) electrons. The second-order valence-electron chi connectivity index (χ2n) is 5.26. The van der Waals surface area contributed by atoms with E-state index in [1.165, 1.54) is 19.2 Å². The van der Waals surface area contributed by atoms with Crippen LogP contribution in [-0.4, -0.2) is 27.2 Å². The second-order valence-corrected chi connectivity index (χ2v) is 7.77. The molecule has 5 nitrogen and oxygen atoms in total. The maximum Gasteiger partial charge on any atom is 0.225 e. The van der Waals surface area contributed by atoms with Crippen molar-refractivity contribution in [2.75, 3.05) is 18.2 Å². The van der Waals surface area contributed by atoms with E-state index in [0.717, 1.165) is 5.56 Å². The smallest absolute Gasteiger partial charge is 0.225 e. The van der Waals surface area contributed by atoms with Crippen molar-refractivity contribution in [3.8, 4) is 5.75 Å². The summed E-state index contributed by atoms with van der Waals surface area (Å²) in [4.78, 5) is 12.1. The molecule has 0 aliphatic rings. The standard InChI is InChI=1S/C17H18ClNO4S/c1-12-3-4-13(11-16(12)18)19-17(20)9-10-24(21,22)15-7-5-14(23-2)6-8-15/h3-8,11H,9-10H2,1-2H3,(H,19,20). The Hall–Kier alpha value is -2.05. The van der Waals surface area contributed by atoms with E-state index < -0.39 is 9.84 Å². The van der Waals surface area contributed by atoms with Crippen LogP contribution in [0.4, 0.5) is 5.69 Å². The van der Waals surface area contributed by atoms with Gasteiger partial charge in [-0.2, -0.15) is 0 Å². The minimum atomic E-state index is -3.53. The van der Waals surface area contributed by atoms with Crippen LogP contribution in [-0.2, 0) is 14.6 Å². The van der Waals surface area contributed by atoms with Crippen LogP contribution in [0, 0.1) is 6.92 Å². The molecule has 0 unspecified atom stereocenters. The fourth-order valence-electron chi connectivity index (χ4n) is 2.02. The van der Waals surface area contributed by atoms with E-state index in [9.17, 15) is 13.2 Å². The molecule has 1 N–H and O–H groups in total. The minimum absolute atomic E-state index is 0.139. The van der Waals surface area contributed by atoms with Crippen molar-refractivity contribution in [1.29, 1.82) is 0 Å². The molecule has 2 rings (SSSR count). The average molecular weight is 368 g/mol. The highest BCUT2D eigenvalue weighted by molar-refractivity contribution is 7.91. The lowest BCUT2D eigenvalue weighted by Gasteiger charge is -2.08. The topological polar surface area (TPSA) is 72.5 Å². The van der Waals surface area contributed by atoms with E-state index in [1.807, 2.05) is 6.92 Å². The van der Waals surface area contributed by atoms with E-state index >= 15 is 0 Å². The highest BCUT2D eigenvalue weighted by Crippen LogP contribution is 2.21. The monoisotopic (exact) mass is 367 g/mol. The van der Waals surface area contributed by atoms with Gasteiger partial charge in [-0.05, 0) is 48.9 Å². The fourth-order valence-corrected chi connectivity index (χ4v) is 3.44. The van der Waals surface area contributed by atoms with E-state index in [2.05, 4.69) is 5.32 Å². The van der Waals surface area contributed by atoms with Crippen LogP contribution in [0.1, 0.15) is 12.0 Å². The zero-order valence-corrected chi connectivity index (χ0v) is 14.9. The molecule has 0 fully saturated rings. The van der Waals surface area contributed by atoms with Crippen LogP contribution in [0.2, 0.25) is 5.02 Å². The lowest BCUT2D eigenvalue weighted by atomic mass is 10.2. The van der Waals surface area contributed by atoms with Crippen molar-refractivity contribution in [3.05, 3.63) is 53.1 Å². The molecule has 2 aromatic rings. The summed E-state index contributed by atoms with van der Waals surface area (Å²) in [6.45, 7) is 1.86. The SMILES string of the molecule is COc1ccc(S(=O)(=O)CCC(=O)Nc2ccc(C)c(Cl)c2)cc1. The molecule has 0 heterocycles. The van der Waals surface area contributed by atoms with E-state index in [1.54, 1.807) is 30.3 Å². The van der Waals surface area contributed by atoms with Crippen molar-refractivity contribution in [2.24, 2.45) is 0 Å². The van der Waals surface area contributed by atoms with Gasteiger partial charge in [-0.1, -0.05) is 17.7 Å². The van der Waals surface area contributed by atoms with E-state index in [-0.39, 0.29) is 23.0 Å². The summed E-state index contributed by atoms with van der Waals surface area (Å²) >= 11 is 5.99. The molecule has 0 spiro atoms. The van der Waals surface area contributed by atoms with Gasteiger partial charge in [-0.25, -0.2) is 8.42 Å². The van der Waals surface area contributed by atoms with Crippen molar-refractivity contribution in [2.45, 2.75) is 18.2 Å². The van der Waals surface area contributed by atoms with Crippen molar-refractivity contribution < 1.29 is 17.9 Å². The summed E-state index contributed by atoms with van der Waals surface area (Å²) in [6.07, 6.45) is -0.139. The van der Waals surface area contributed by atoms with Crippen LogP contribution >= 0.6 is 11.6 Å². The number of carbonyl (C=O) groups excluding carboxylic acids is 1. The molecule has 7 heteroatoms. The van der Waals surface area contributed by atoms with Crippen LogP contribution in [0.25, 0.3) is 0 Å². The molecule has 24 heavy (non-hydrogen) atoms. The Morgan fingerprint density at radius 2 is 1.83 bits per heavy atom. The number of carbonyl (C=O) groups is 1. The molecule has 0 aromatic heterocycles. The first-order valence-corrected chi connectivity index (χ1v) is 9.27. The van der Waals surface area contributed by atoms with Gasteiger partial charge in [-0.3, -0.25) is 4.79 Å². The van der Waals surface area contributed by atoms with Gasteiger partial charge in [-0.15, -0.1) is 0 Å². The number of sulfone groups is 1. The molecule has 0 aliphatic heterocycles. The number of benzene rings is 2.